The Balaban J connectivity index is 1.60. The Bertz CT molecular complexity index is 1400. The van der Waals surface area contributed by atoms with E-state index >= 15 is 0 Å². The molecule has 0 atom stereocenters. The average Bonchev–Trinajstić information content (AvgIpc) is 3.57. The van der Waals surface area contributed by atoms with E-state index in [2.05, 4.69) is 87.4 Å². The molecular weight excluding hydrogens is 460 g/mol. The first-order valence-electron chi connectivity index (χ1n) is 12.9. The van der Waals surface area contributed by atoms with Crippen molar-refractivity contribution in [1.82, 2.24) is 14.5 Å². The third kappa shape index (κ3) is 4.79. The first-order chi connectivity index (χ1) is 17.0. The van der Waals surface area contributed by atoms with Crippen LogP contribution in [0.15, 0.2) is 61.1 Å². The number of methoxy groups -OCH3 is 1. The second-order valence-electron chi connectivity index (χ2n) is 11.8. The van der Waals surface area contributed by atoms with Crippen molar-refractivity contribution < 1.29 is 4.74 Å². The van der Waals surface area contributed by atoms with Crippen molar-refractivity contribution in [3.05, 3.63) is 61.1 Å². The Labute approximate surface area is 216 Å². The summed E-state index contributed by atoms with van der Waals surface area (Å²) in [6.07, 6.45) is 8.57. The van der Waals surface area contributed by atoms with Crippen molar-refractivity contribution in [2.75, 3.05) is 18.6 Å². The Morgan fingerprint density at radius 3 is 2.44 bits per heavy atom. The van der Waals surface area contributed by atoms with Gasteiger partial charge in [-0.05, 0) is 60.2 Å². The Hall–Kier alpha value is -3.12. The molecule has 0 N–H and O–H groups in total. The molecule has 2 aromatic heterocycles. The summed E-state index contributed by atoms with van der Waals surface area (Å²) in [5.74, 6) is 1.66. The summed E-state index contributed by atoms with van der Waals surface area (Å²) in [5, 5.41) is 1.67. The van der Waals surface area contributed by atoms with Gasteiger partial charge in [-0.2, -0.15) is 0 Å². The van der Waals surface area contributed by atoms with Crippen LogP contribution in [-0.2, 0) is 7.05 Å². The summed E-state index contributed by atoms with van der Waals surface area (Å²) < 4.78 is 7.86. The molecule has 0 amide bonds. The van der Waals surface area contributed by atoms with Crippen LogP contribution in [0.2, 0.25) is 18.1 Å². The van der Waals surface area contributed by atoms with Gasteiger partial charge >= 0.3 is 0 Å². The number of hydrogen-bond donors (Lipinski definition) is 0. The van der Waals surface area contributed by atoms with Crippen LogP contribution in [0.4, 0.5) is 11.4 Å². The van der Waals surface area contributed by atoms with Crippen LogP contribution in [0.1, 0.15) is 33.6 Å². The van der Waals surface area contributed by atoms with E-state index < -0.39 is 8.07 Å². The molecule has 36 heavy (non-hydrogen) atoms. The number of aromatic nitrogens is 3. The Morgan fingerprint density at radius 2 is 1.81 bits per heavy atom. The number of rotatable bonds is 7. The van der Waals surface area contributed by atoms with Crippen LogP contribution in [0.5, 0.6) is 5.75 Å². The van der Waals surface area contributed by atoms with Gasteiger partial charge in [0, 0.05) is 49.0 Å². The summed E-state index contributed by atoms with van der Waals surface area (Å²) >= 11 is 0. The van der Waals surface area contributed by atoms with Crippen molar-refractivity contribution in [1.29, 1.82) is 0 Å². The predicted molar refractivity (Wildman–Crippen MR) is 153 cm³/mol. The van der Waals surface area contributed by atoms with E-state index in [0.29, 0.717) is 0 Å². The van der Waals surface area contributed by atoms with Gasteiger partial charge in [-0.3, -0.25) is 4.98 Å². The largest absolute Gasteiger partial charge is 0.497 e. The van der Waals surface area contributed by atoms with E-state index in [9.17, 15) is 0 Å². The van der Waals surface area contributed by atoms with Crippen molar-refractivity contribution in [2.45, 2.75) is 51.7 Å². The topological polar surface area (TPSA) is 43.2 Å². The third-order valence-corrected chi connectivity index (χ3v) is 13.6. The smallest absolute Gasteiger partial charge is 0.120 e. The monoisotopic (exact) mass is 498 g/mol. The molecule has 0 saturated heterocycles. The fourth-order valence-electron chi connectivity index (χ4n) is 4.53. The van der Waals surface area contributed by atoms with Gasteiger partial charge in [0.05, 0.1) is 38.1 Å². The maximum Gasteiger partial charge on any atom is 0.120 e. The van der Waals surface area contributed by atoms with E-state index in [4.69, 9.17) is 14.7 Å². The van der Waals surface area contributed by atoms with Gasteiger partial charge in [-0.15, -0.1) is 0 Å². The molecule has 2 heterocycles. The van der Waals surface area contributed by atoms with Crippen LogP contribution in [0, 0.1) is 5.92 Å². The lowest BCUT2D eigenvalue weighted by atomic mass is 10.1. The van der Waals surface area contributed by atoms with Crippen molar-refractivity contribution in [3.8, 4) is 17.0 Å². The number of fused-ring (bicyclic) bond motifs is 1. The highest BCUT2D eigenvalue weighted by Crippen LogP contribution is 2.40. The summed E-state index contributed by atoms with van der Waals surface area (Å²) in [6.45, 7) is 13.0. The highest BCUT2D eigenvalue weighted by molar-refractivity contribution is 6.92. The van der Waals surface area contributed by atoms with Crippen LogP contribution in [0.3, 0.4) is 0 Å². The molecule has 1 aliphatic rings. The zero-order valence-electron chi connectivity index (χ0n) is 22.7. The molecule has 1 saturated carbocycles. The molecule has 6 heteroatoms. The lowest BCUT2D eigenvalue weighted by Crippen LogP contribution is -2.49. The number of anilines is 2. The van der Waals surface area contributed by atoms with Crippen molar-refractivity contribution in [3.63, 3.8) is 0 Å². The maximum atomic E-state index is 5.82. The lowest BCUT2D eigenvalue weighted by molar-refractivity contribution is 0.415. The molecule has 5 nitrogen and oxygen atoms in total. The zero-order valence-corrected chi connectivity index (χ0v) is 23.7. The molecule has 0 unspecified atom stereocenters. The molecule has 1 aliphatic carbocycles. The van der Waals surface area contributed by atoms with Gasteiger partial charge in [0.15, 0.2) is 0 Å². The lowest BCUT2D eigenvalue weighted by Gasteiger charge is -2.38. The number of ether oxygens (including phenoxy) is 1. The minimum atomic E-state index is -1.75. The van der Waals surface area contributed by atoms with Crippen LogP contribution >= 0.6 is 0 Å². The summed E-state index contributed by atoms with van der Waals surface area (Å²) in [7, 11) is 2.05. The maximum absolute atomic E-state index is 5.82. The minimum absolute atomic E-state index is 0.240. The molecule has 0 bridgehead atoms. The molecule has 2 aromatic carbocycles. The molecule has 1 fully saturated rings. The van der Waals surface area contributed by atoms with Gasteiger partial charge in [-0.1, -0.05) is 39.1 Å². The average molecular weight is 499 g/mol. The fraction of sp³-hybridized carbons (Fsp3) is 0.400. The van der Waals surface area contributed by atoms with Crippen molar-refractivity contribution >= 4 is 35.7 Å². The van der Waals surface area contributed by atoms with Crippen LogP contribution in [-0.4, -0.2) is 36.3 Å². The number of hydrogen-bond acceptors (Lipinski definition) is 4. The normalized spacial score (nSPS) is 14.3. The second-order valence-corrected chi connectivity index (χ2v) is 17.2. The summed E-state index contributed by atoms with van der Waals surface area (Å²) in [6, 6.07) is 15.4. The van der Waals surface area contributed by atoms with Gasteiger partial charge < -0.3 is 14.2 Å². The fourth-order valence-corrected chi connectivity index (χ4v) is 6.41. The van der Waals surface area contributed by atoms with Crippen molar-refractivity contribution in [2.24, 2.45) is 13.0 Å². The summed E-state index contributed by atoms with van der Waals surface area (Å²) in [5.41, 5.74) is 6.17. The SMILES string of the molecule is COc1cc(N(CC2CC2)c2ccc3ncc(-c4ccn(C)c4)nc3c2)cc([Si](C)(C)C(C)(C)C)c1. The minimum Gasteiger partial charge on any atom is -0.497 e. The molecule has 0 aliphatic heterocycles. The van der Waals surface area contributed by atoms with E-state index in [-0.39, 0.29) is 5.04 Å². The highest BCUT2D eigenvalue weighted by atomic mass is 28.3. The van der Waals surface area contributed by atoms with Gasteiger partial charge in [0.1, 0.15) is 5.75 Å². The van der Waals surface area contributed by atoms with E-state index in [1.807, 2.05) is 24.0 Å². The number of nitrogens with zero attached hydrogens (tertiary/aromatic N) is 4. The van der Waals surface area contributed by atoms with E-state index in [1.165, 1.54) is 23.7 Å². The third-order valence-electron chi connectivity index (χ3n) is 8.14. The molecule has 0 spiro atoms. The highest BCUT2D eigenvalue weighted by Gasteiger charge is 2.37. The molecular formula is C30H38N4OSi. The van der Waals surface area contributed by atoms with Crippen LogP contribution < -0.4 is 14.8 Å². The van der Waals surface area contributed by atoms with Gasteiger partial charge in [-0.25, -0.2) is 4.98 Å². The zero-order chi connectivity index (χ0) is 25.7. The standard InChI is InChI=1S/C30H38N4OSi/c1-30(2,3)36(6,7)26-15-24(14-25(17-26)35-5)34(19-21-8-9-21)23-10-11-27-28(16-23)32-29(18-31-27)22-12-13-33(4)20-22/h10-18,20-21H,8-9,19H2,1-7H3. The summed E-state index contributed by atoms with van der Waals surface area (Å²) in [4.78, 5) is 12.2. The Kier molecular flexibility index (Phi) is 6.19. The van der Waals surface area contributed by atoms with Gasteiger partial charge in [0.2, 0.25) is 0 Å². The van der Waals surface area contributed by atoms with Gasteiger partial charge in [0.25, 0.3) is 0 Å². The number of aryl methyl sites for hydroxylation is 1. The molecule has 5 rings (SSSR count). The first-order valence-corrected chi connectivity index (χ1v) is 15.9. The van der Waals surface area contributed by atoms with Crippen LogP contribution in [0.25, 0.3) is 22.3 Å². The number of benzene rings is 2. The second kappa shape index (κ2) is 9.07. The predicted octanol–water partition coefficient (Wildman–Crippen LogP) is 6.91. The van der Waals surface area contributed by atoms with E-state index in [0.717, 1.165) is 46.2 Å². The van der Waals surface area contributed by atoms with E-state index in [1.54, 1.807) is 7.11 Å². The quantitative estimate of drug-likeness (QED) is 0.260. The molecule has 4 aromatic rings. The molecule has 188 valence electrons. The molecule has 0 radical (unpaired) electrons. The first kappa shape index (κ1) is 24.6. The Morgan fingerprint density at radius 1 is 1.03 bits per heavy atom.